The topological polar surface area (TPSA) is 47.8 Å². The molecular weight excluding hydrogens is 190 g/mol. The van der Waals surface area contributed by atoms with Gasteiger partial charge in [0.25, 0.3) is 0 Å². The fourth-order valence-corrected chi connectivity index (χ4v) is 1.42. The van der Waals surface area contributed by atoms with Crippen LogP contribution in [-0.4, -0.2) is 21.3 Å². The summed E-state index contributed by atoms with van der Waals surface area (Å²) in [6, 6.07) is 9.75. The standard InChI is InChI=1S/C11H11N3O/c15-8-4-7-11-9-12-13-14(11)10-5-2-1-3-6-10/h1-3,5-6,8-9H,4,7H2. The number of nitrogens with zero attached hydrogens (tertiary/aromatic N) is 3. The first kappa shape index (κ1) is 9.58. The van der Waals surface area contributed by atoms with E-state index in [-0.39, 0.29) is 0 Å². The van der Waals surface area contributed by atoms with Crippen molar-refractivity contribution in [1.29, 1.82) is 0 Å². The van der Waals surface area contributed by atoms with Crippen LogP contribution in [-0.2, 0) is 11.2 Å². The van der Waals surface area contributed by atoms with Gasteiger partial charge in [-0.25, -0.2) is 4.68 Å². The number of aryl methyl sites for hydroxylation is 1. The number of hydrogen-bond acceptors (Lipinski definition) is 3. The minimum atomic E-state index is 0.500. The fourth-order valence-electron chi connectivity index (χ4n) is 1.42. The fraction of sp³-hybridized carbons (Fsp3) is 0.182. The third kappa shape index (κ3) is 2.10. The molecule has 0 bridgehead atoms. The number of benzene rings is 1. The van der Waals surface area contributed by atoms with Gasteiger partial charge in [-0.1, -0.05) is 23.4 Å². The molecule has 0 saturated carbocycles. The van der Waals surface area contributed by atoms with E-state index < -0.39 is 0 Å². The van der Waals surface area contributed by atoms with Gasteiger partial charge in [0.2, 0.25) is 0 Å². The van der Waals surface area contributed by atoms with Gasteiger partial charge in [-0.05, 0) is 18.6 Å². The van der Waals surface area contributed by atoms with Crippen molar-refractivity contribution in [2.24, 2.45) is 0 Å². The predicted molar refractivity (Wildman–Crippen MR) is 55.7 cm³/mol. The zero-order valence-electron chi connectivity index (χ0n) is 8.21. The van der Waals surface area contributed by atoms with Gasteiger partial charge in [-0.15, -0.1) is 5.10 Å². The summed E-state index contributed by atoms with van der Waals surface area (Å²) in [5.74, 6) is 0. The maximum Gasteiger partial charge on any atom is 0.120 e. The number of rotatable bonds is 4. The number of aldehydes is 1. The highest BCUT2D eigenvalue weighted by molar-refractivity contribution is 5.49. The van der Waals surface area contributed by atoms with E-state index in [0.717, 1.165) is 17.7 Å². The molecule has 0 aliphatic carbocycles. The average Bonchev–Trinajstić information content (AvgIpc) is 2.75. The summed E-state index contributed by atoms with van der Waals surface area (Å²) < 4.78 is 1.75. The Morgan fingerprint density at radius 1 is 1.27 bits per heavy atom. The van der Waals surface area contributed by atoms with Crippen LogP contribution in [0.25, 0.3) is 5.69 Å². The highest BCUT2D eigenvalue weighted by atomic mass is 16.1. The summed E-state index contributed by atoms with van der Waals surface area (Å²) in [7, 11) is 0. The molecule has 0 atom stereocenters. The normalized spacial score (nSPS) is 10.1. The van der Waals surface area contributed by atoms with Crippen LogP contribution in [0.4, 0.5) is 0 Å². The first-order valence-electron chi connectivity index (χ1n) is 4.80. The Morgan fingerprint density at radius 3 is 2.80 bits per heavy atom. The smallest absolute Gasteiger partial charge is 0.120 e. The Hall–Kier alpha value is -1.97. The molecular formula is C11H11N3O. The van der Waals surface area contributed by atoms with Gasteiger partial charge in [0, 0.05) is 6.42 Å². The lowest BCUT2D eigenvalue weighted by atomic mass is 10.2. The lowest BCUT2D eigenvalue weighted by Crippen LogP contribution is -2.02. The molecule has 0 saturated heterocycles. The van der Waals surface area contributed by atoms with Crippen molar-refractivity contribution in [1.82, 2.24) is 15.0 Å². The van der Waals surface area contributed by atoms with Gasteiger partial charge in [-0.2, -0.15) is 0 Å². The van der Waals surface area contributed by atoms with E-state index in [0.29, 0.717) is 12.8 Å². The van der Waals surface area contributed by atoms with Crippen LogP contribution in [0.2, 0.25) is 0 Å². The second-order valence-corrected chi connectivity index (χ2v) is 3.18. The summed E-state index contributed by atoms with van der Waals surface area (Å²) in [6.07, 6.45) is 3.77. The van der Waals surface area contributed by atoms with Crippen molar-refractivity contribution in [2.45, 2.75) is 12.8 Å². The van der Waals surface area contributed by atoms with Crippen LogP contribution in [0.3, 0.4) is 0 Å². The third-order valence-electron chi connectivity index (χ3n) is 2.14. The molecule has 0 unspecified atom stereocenters. The molecule has 0 aliphatic rings. The molecule has 4 heteroatoms. The van der Waals surface area contributed by atoms with Gasteiger partial charge >= 0.3 is 0 Å². The van der Waals surface area contributed by atoms with Gasteiger partial charge in [0.05, 0.1) is 17.6 Å². The predicted octanol–water partition coefficient (Wildman–Crippen LogP) is 1.40. The van der Waals surface area contributed by atoms with Crippen LogP contribution < -0.4 is 0 Å². The van der Waals surface area contributed by atoms with Gasteiger partial charge in [0.15, 0.2) is 0 Å². The van der Waals surface area contributed by atoms with Crippen molar-refractivity contribution in [3.05, 3.63) is 42.2 Å². The molecule has 1 aromatic heterocycles. The lowest BCUT2D eigenvalue weighted by Gasteiger charge is -2.03. The van der Waals surface area contributed by atoms with Crippen molar-refractivity contribution in [3.8, 4) is 5.69 Å². The number of carbonyl (C=O) groups is 1. The Balaban J connectivity index is 2.29. The van der Waals surface area contributed by atoms with E-state index in [2.05, 4.69) is 10.3 Å². The second-order valence-electron chi connectivity index (χ2n) is 3.18. The van der Waals surface area contributed by atoms with Crippen LogP contribution >= 0.6 is 0 Å². The summed E-state index contributed by atoms with van der Waals surface area (Å²) in [5, 5.41) is 7.84. The minimum Gasteiger partial charge on any atom is -0.303 e. The number of para-hydroxylation sites is 1. The monoisotopic (exact) mass is 201 g/mol. The van der Waals surface area contributed by atoms with Crippen LogP contribution in [0, 0.1) is 0 Å². The van der Waals surface area contributed by atoms with Crippen molar-refractivity contribution >= 4 is 6.29 Å². The summed E-state index contributed by atoms with van der Waals surface area (Å²) in [4.78, 5) is 10.3. The first-order valence-corrected chi connectivity index (χ1v) is 4.80. The number of hydrogen-bond donors (Lipinski definition) is 0. The van der Waals surface area contributed by atoms with E-state index in [1.54, 1.807) is 10.9 Å². The van der Waals surface area contributed by atoms with Gasteiger partial charge in [-0.3, -0.25) is 0 Å². The van der Waals surface area contributed by atoms with Gasteiger partial charge in [0.1, 0.15) is 6.29 Å². The van der Waals surface area contributed by atoms with E-state index in [1.165, 1.54) is 0 Å². The van der Waals surface area contributed by atoms with Crippen molar-refractivity contribution in [2.75, 3.05) is 0 Å². The molecule has 0 N–H and O–H groups in total. The summed E-state index contributed by atoms with van der Waals surface area (Å²) >= 11 is 0. The zero-order chi connectivity index (χ0) is 10.5. The van der Waals surface area contributed by atoms with E-state index in [4.69, 9.17) is 0 Å². The number of aromatic nitrogens is 3. The Morgan fingerprint density at radius 2 is 2.07 bits per heavy atom. The van der Waals surface area contributed by atoms with E-state index >= 15 is 0 Å². The maximum absolute atomic E-state index is 10.3. The van der Waals surface area contributed by atoms with Crippen molar-refractivity contribution in [3.63, 3.8) is 0 Å². The molecule has 15 heavy (non-hydrogen) atoms. The molecule has 0 spiro atoms. The molecule has 76 valence electrons. The third-order valence-corrected chi connectivity index (χ3v) is 2.14. The minimum absolute atomic E-state index is 0.500. The summed E-state index contributed by atoms with van der Waals surface area (Å²) in [6.45, 7) is 0. The lowest BCUT2D eigenvalue weighted by molar-refractivity contribution is -0.107. The molecule has 1 aromatic carbocycles. The maximum atomic E-state index is 10.3. The number of carbonyl (C=O) groups excluding carboxylic acids is 1. The Kier molecular flexibility index (Phi) is 2.88. The second kappa shape index (κ2) is 4.50. The zero-order valence-corrected chi connectivity index (χ0v) is 8.21. The van der Waals surface area contributed by atoms with E-state index in [1.807, 2.05) is 30.3 Å². The molecule has 0 amide bonds. The Bertz CT molecular complexity index is 436. The molecule has 0 radical (unpaired) electrons. The van der Waals surface area contributed by atoms with Gasteiger partial charge < -0.3 is 4.79 Å². The molecule has 2 rings (SSSR count). The van der Waals surface area contributed by atoms with Crippen LogP contribution in [0.5, 0.6) is 0 Å². The molecule has 1 heterocycles. The van der Waals surface area contributed by atoms with E-state index in [9.17, 15) is 4.79 Å². The molecule has 0 fully saturated rings. The first-order chi connectivity index (χ1) is 7.42. The highest BCUT2D eigenvalue weighted by Gasteiger charge is 2.04. The molecule has 2 aromatic rings. The Labute approximate surface area is 87.5 Å². The van der Waals surface area contributed by atoms with Crippen LogP contribution in [0.1, 0.15) is 12.1 Å². The quantitative estimate of drug-likeness (QED) is 0.702. The SMILES string of the molecule is O=CCCc1cnnn1-c1ccccc1. The highest BCUT2D eigenvalue weighted by Crippen LogP contribution is 2.09. The molecule has 4 nitrogen and oxygen atoms in total. The van der Waals surface area contributed by atoms with Crippen molar-refractivity contribution < 1.29 is 4.79 Å². The van der Waals surface area contributed by atoms with Crippen LogP contribution in [0.15, 0.2) is 36.5 Å². The largest absolute Gasteiger partial charge is 0.303 e. The molecule has 0 aliphatic heterocycles. The summed E-state index contributed by atoms with van der Waals surface area (Å²) in [5.41, 5.74) is 1.92. The average molecular weight is 201 g/mol.